The fraction of sp³-hybridized carbons (Fsp3) is 0.500. The summed E-state index contributed by atoms with van der Waals surface area (Å²) in [5.41, 5.74) is 0.994. The maximum atomic E-state index is 12.0. The van der Waals surface area contributed by atoms with E-state index in [1.807, 2.05) is 32.0 Å². The number of carbonyl (C=O) groups excluding carboxylic acids is 1. The van der Waals surface area contributed by atoms with Crippen molar-refractivity contribution in [2.75, 3.05) is 6.54 Å². The van der Waals surface area contributed by atoms with Gasteiger partial charge in [0.2, 0.25) is 5.91 Å². The number of amides is 1. The predicted molar refractivity (Wildman–Crippen MR) is 83.4 cm³/mol. The molecule has 2 N–H and O–H groups in total. The van der Waals surface area contributed by atoms with E-state index in [9.17, 15) is 9.59 Å². The first kappa shape index (κ1) is 17.5. The van der Waals surface area contributed by atoms with Crippen LogP contribution in [0.4, 0.5) is 0 Å². The summed E-state index contributed by atoms with van der Waals surface area (Å²) in [5, 5.41) is 12.4. The first-order valence-corrected chi connectivity index (χ1v) is 7.56. The first-order chi connectivity index (χ1) is 9.93. The average molecular weight is 312 g/mol. The molecule has 0 aliphatic rings. The van der Waals surface area contributed by atoms with Crippen molar-refractivity contribution in [3.8, 4) is 0 Å². The van der Waals surface area contributed by atoms with E-state index in [-0.39, 0.29) is 18.4 Å². The van der Waals surface area contributed by atoms with Crippen molar-refractivity contribution in [3.63, 3.8) is 0 Å². The van der Waals surface area contributed by atoms with Gasteiger partial charge < -0.3 is 10.4 Å². The van der Waals surface area contributed by atoms with Gasteiger partial charge in [0, 0.05) is 17.5 Å². The van der Waals surface area contributed by atoms with Crippen molar-refractivity contribution in [1.82, 2.24) is 5.32 Å². The van der Waals surface area contributed by atoms with Crippen LogP contribution in [0.5, 0.6) is 0 Å². The van der Waals surface area contributed by atoms with Crippen LogP contribution < -0.4 is 5.32 Å². The van der Waals surface area contributed by atoms with Crippen molar-refractivity contribution in [1.29, 1.82) is 0 Å². The standard InChI is InChI=1S/C16H22ClNO3/c1-3-5-13(16(20)21)10-18-15(19)11(2)8-12-6-4-7-14(17)9-12/h4,6-7,9,11,13H,3,5,8,10H2,1-2H3,(H,18,19)(H,20,21). The predicted octanol–water partition coefficient (Wildman–Crippen LogP) is 3.14. The van der Waals surface area contributed by atoms with E-state index >= 15 is 0 Å². The number of carboxylic acid groups (broad SMARTS) is 1. The molecular formula is C16H22ClNO3. The second-order valence-corrected chi connectivity index (χ2v) is 5.74. The summed E-state index contributed by atoms with van der Waals surface area (Å²) in [4.78, 5) is 23.1. The van der Waals surface area contributed by atoms with Crippen LogP contribution in [-0.4, -0.2) is 23.5 Å². The summed E-state index contributed by atoms with van der Waals surface area (Å²) in [6, 6.07) is 7.40. The second kappa shape index (κ2) is 8.67. The van der Waals surface area contributed by atoms with Crippen LogP contribution >= 0.6 is 11.6 Å². The van der Waals surface area contributed by atoms with Gasteiger partial charge in [0.25, 0.3) is 0 Å². The van der Waals surface area contributed by atoms with E-state index < -0.39 is 11.9 Å². The van der Waals surface area contributed by atoms with Gasteiger partial charge in [-0.05, 0) is 30.5 Å². The molecular weight excluding hydrogens is 290 g/mol. The van der Waals surface area contributed by atoms with Crippen LogP contribution in [0.25, 0.3) is 0 Å². The highest BCUT2D eigenvalue weighted by Crippen LogP contribution is 2.15. The maximum absolute atomic E-state index is 12.0. The van der Waals surface area contributed by atoms with Gasteiger partial charge in [0.15, 0.2) is 0 Å². The Morgan fingerprint density at radius 2 is 2.10 bits per heavy atom. The summed E-state index contributed by atoms with van der Waals surface area (Å²) in [5.74, 6) is -1.73. The van der Waals surface area contributed by atoms with Gasteiger partial charge in [-0.15, -0.1) is 0 Å². The van der Waals surface area contributed by atoms with E-state index in [2.05, 4.69) is 5.32 Å². The molecule has 0 aromatic heterocycles. The molecule has 1 aromatic carbocycles. The van der Waals surface area contributed by atoms with E-state index in [0.29, 0.717) is 17.9 Å². The Morgan fingerprint density at radius 3 is 2.67 bits per heavy atom. The van der Waals surface area contributed by atoms with Gasteiger partial charge in [-0.25, -0.2) is 0 Å². The monoisotopic (exact) mass is 311 g/mol. The Balaban J connectivity index is 2.49. The summed E-state index contributed by atoms with van der Waals surface area (Å²) in [6.07, 6.45) is 1.93. The van der Waals surface area contributed by atoms with Crippen molar-refractivity contribution in [2.24, 2.45) is 11.8 Å². The van der Waals surface area contributed by atoms with E-state index in [1.165, 1.54) is 0 Å². The lowest BCUT2D eigenvalue weighted by Gasteiger charge is -2.16. The van der Waals surface area contributed by atoms with Crippen LogP contribution in [0.15, 0.2) is 24.3 Å². The molecule has 0 spiro atoms. The zero-order valence-corrected chi connectivity index (χ0v) is 13.2. The average Bonchev–Trinajstić information content (AvgIpc) is 2.42. The van der Waals surface area contributed by atoms with Crippen molar-refractivity contribution < 1.29 is 14.7 Å². The fourth-order valence-corrected chi connectivity index (χ4v) is 2.38. The van der Waals surface area contributed by atoms with Gasteiger partial charge in [0.1, 0.15) is 0 Å². The summed E-state index contributed by atoms with van der Waals surface area (Å²) >= 11 is 5.91. The van der Waals surface area contributed by atoms with Gasteiger partial charge in [-0.3, -0.25) is 9.59 Å². The molecule has 116 valence electrons. The van der Waals surface area contributed by atoms with Crippen LogP contribution in [0.3, 0.4) is 0 Å². The highest BCUT2D eigenvalue weighted by Gasteiger charge is 2.19. The molecule has 1 rings (SSSR count). The summed E-state index contributed by atoms with van der Waals surface area (Å²) in [6.45, 7) is 3.94. The molecule has 0 aliphatic heterocycles. The van der Waals surface area contributed by atoms with Gasteiger partial charge >= 0.3 is 5.97 Å². The first-order valence-electron chi connectivity index (χ1n) is 7.19. The topological polar surface area (TPSA) is 66.4 Å². The Kier molecular flexibility index (Phi) is 7.23. The van der Waals surface area contributed by atoms with E-state index in [4.69, 9.17) is 16.7 Å². The molecule has 0 heterocycles. The number of benzene rings is 1. The number of hydrogen-bond donors (Lipinski definition) is 2. The van der Waals surface area contributed by atoms with Crippen LogP contribution in [-0.2, 0) is 16.0 Å². The Bertz CT molecular complexity index is 490. The van der Waals surface area contributed by atoms with Crippen LogP contribution in [0, 0.1) is 11.8 Å². The Labute approximate surface area is 130 Å². The van der Waals surface area contributed by atoms with Crippen molar-refractivity contribution in [2.45, 2.75) is 33.1 Å². The molecule has 1 aromatic rings. The Morgan fingerprint density at radius 1 is 1.38 bits per heavy atom. The lowest BCUT2D eigenvalue weighted by Crippen LogP contribution is -2.36. The number of halogens is 1. The third kappa shape index (κ3) is 6.17. The van der Waals surface area contributed by atoms with Crippen LogP contribution in [0.2, 0.25) is 5.02 Å². The normalized spacial score (nSPS) is 13.5. The molecule has 0 aliphatic carbocycles. The lowest BCUT2D eigenvalue weighted by molar-refractivity contribution is -0.142. The maximum Gasteiger partial charge on any atom is 0.308 e. The molecule has 1 amide bonds. The summed E-state index contributed by atoms with van der Waals surface area (Å²) < 4.78 is 0. The third-order valence-electron chi connectivity index (χ3n) is 3.39. The number of carboxylic acids is 1. The number of carbonyl (C=O) groups is 2. The smallest absolute Gasteiger partial charge is 0.308 e. The quantitative estimate of drug-likeness (QED) is 0.775. The minimum absolute atomic E-state index is 0.127. The molecule has 0 fully saturated rings. The molecule has 0 bridgehead atoms. The molecule has 0 radical (unpaired) electrons. The zero-order valence-electron chi connectivity index (χ0n) is 12.4. The fourth-order valence-electron chi connectivity index (χ4n) is 2.17. The van der Waals surface area contributed by atoms with Crippen LogP contribution in [0.1, 0.15) is 32.3 Å². The number of hydrogen-bond acceptors (Lipinski definition) is 2. The molecule has 2 atom stereocenters. The number of nitrogens with one attached hydrogen (secondary N) is 1. The summed E-state index contributed by atoms with van der Waals surface area (Å²) in [7, 11) is 0. The van der Waals surface area contributed by atoms with Crippen molar-refractivity contribution >= 4 is 23.5 Å². The van der Waals surface area contributed by atoms with Gasteiger partial charge in [-0.1, -0.05) is 44.0 Å². The van der Waals surface area contributed by atoms with Gasteiger partial charge in [0.05, 0.1) is 5.92 Å². The minimum Gasteiger partial charge on any atom is -0.481 e. The molecule has 0 saturated heterocycles. The number of rotatable bonds is 8. The minimum atomic E-state index is -0.861. The highest BCUT2D eigenvalue weighted by molar-refractivity contribution is 6.30. The van der Waals surface area contributed by atoms with Crippen molar-refractivity contribution in [3.05, 3.63) is 34.9 Å². The SMILES string of the molecule is CCCC(CNC(=O)C(C)Cc1cccc(Cl)c1)C(=O)O. The molecule has 4 nitrogen and oxygen atoms in total. The Hall–Kier alpha value is -1.55. The molecule has 21 heavy (non-hydrogen) atoms. The molecule has 0 saturated carbocycles. The molecule has 5 heteroatoms. The third-order valence-corrected chi connectivity index (χ3v) is 3.62. The van der Waals surface area contributed by atoms with Gasteiger partial charge in [-0.2, -0.15) is 0 Å². The number of aliphatic carboxylic acids is 1. The lowest BCUT2D eigenvalue weighted by atomic mass is 9.99. The van der Waals surface area contributed by atoms with E-state index in [1.54, 1.807) is 6.07 Å². The van der Waals surface area contributed by atoms with E-state index in [0.717, 1.165) is 12.0 Å². The molecule has 2 unspecified atom stereocenters. The zero-order chi connectivity index (χ0) is 15.8. The highest BCUT2D eigenvalue weighted by atomic mass is 35.5. The largest absolute Gasteiger partial charge is 0.481 e. The second-order valence-electron chi connectivity index (χ2n) is 5.30.